The summed E-state index contributed by atoms with van der Waals surface area (Å²) in [5.41, 5.74) is 0.795. The lowest BCUT2D eigenvalue weighted by Gasteiger charge is -2.39. The highest BCUT2D eigenvalue weighted by Crippen LogP contribution is 2.43. The molecule has 3 N–H and O–H groups in total. The van der Waals surface area contributed by atoms with Crippen molar-refractivity contribution in [2.24, 2.45) is 5.92 Å². The average Bonchev–Trinajstić information content (AvgIpc) is 3.40. The standard InChI is InChI=1S/C23H37FN6O4Si/c1-12(2)20(32)29-22-27-18(26-13-8-9-13)16-19(28-22)30(11-25-16)21-15(24)17(14(10-31)33-21)34-35(6,7)23(3,4)5/h11-15,17,21,31H,8-10H2,1-7H3,(H2,26,27,28,29,32)/t14-,15-,17-,21-/m1/s1. The van der Waals surface area contributed by atoms with Gasteiger partial charge in [0.15, 0.2) is 37.7 Å². The van der Waals surface area contributed by atoms with Crippen molar-refractivity contribution in [3.8, 4) is 0 Å². The fourth-order valence-electron chi connectivity index (χ4n) is 3.66. The maximum Gasteiger partial charge on any atom is 0.233 e. The number of anilines is 2. The zero-order valence-corrected chi connectivity index (χ0v) is 22.5. The number of hydrogen-bond acceptors (Lipinski definition) is 8. The number of aliphatic hydroxyl groups is 1. The minimum absolute atomic E-state index is 0.113. The third kappa shape index (κ3) is 5.20. The van der Waals surface area contributed by atoms with Crippen LogP contribution >= 0.6 is 0 Å². The van der Waals surface area contributed by atoms with Crippen molar-refractivity contribution in [3.05, 3.63) is 6.33 Å². The summed E-state index contributed by atoms with van der Waals surface area (Å²) in [6.45, 7) is 13.5. The molecule has 0 bridgehead atoms. The Hall–Kier alpha value is -2.15. The quantitative estimate of drug-likeness (QED) is 0.462. The molecule has 1 saturated heterocycles. The topological polar surface area (TPSA) is 123 Å². The molecule has 0 aromatic carbocycles. The van der Waals surface area contributed by atoms with Crippen molar-refractivity contribution in [2.45, 2.75) is 96.2 Å². The zero-order valence-electron chi connectivity index (χ0n) is 21.5. The van der Waals surface area contributed by atoms with E-state index in [0.717, 1.165) is 12.8 Å². The predicted octanol–water partition coefficient (Wildman–Crippen LogP) is 3.61. The zero-order chi connectivity index (χ0) is 25.7. The van der Waals surface area contributed by atoms with Gasteiger partial charge in [0.25, 0.3) is 0 Å². The number of aromatic nitrogens is 4. The van der Waals surface area contributed by atoms with Gasteiger partial charge >= 0.3 is 0 Å². The molecule has 3 heterocycles. The number of halogens is 1. The van der Waals surface area contributed by atoms with Crippen LogP contribution in [0.25, 0.3) is 11.2 Å². The van der Waals surface area contributed by atoms with Gasteiger partial charge in [-0.3, -0.25) is 14.7 Å². The molecule has 10 nitrogen and oxygen atoms in total. The van der Waals surface area contributed by atoms with Crippen LogP contribution in [0.1, 0.15) is 53.7 Å². The first-order valence-corrected chi connectivity index (χ1v) is 15.1. The van der Waals surface area contributed by atoms with Gasteiger partial charge in [0, 0.05) is 12.0 Å². The van der Waals surface area contributed by atoms with Crippen molar-refractivity contribution in [2.75, 3.05) is 17.2 Å². The van der Waals surface area contributed by atoms with Gasteiger partial charge in [-0.1, -0.05) is 34.6 Å². The van der Waals surface area contributed by atoms with Crippen LogP contribution in [0.4, 0.5) is 16.2 Å². The van der Waals surface area contributed by atoms with Crippen LogP contribution in [0.2, 0.25) is 18.1 Å². The molecule has 1 aliphatic heterocycles. The molecule has 4 rings (SSSR count). The van der Waals surface area contributed by atoms with E-state index in [4.69, 9.17) is 9.16 Å². The van der Waals surface area contributed by atoms with Gasteiger partial charge in [-0.2, -0.15) is 9.97 Å². The van der Waals surface area contributed by atoms with E-state index in [2.05, 4.69) is 46.4 Å². The minimum Gasteiger partial charge on any atom is -0.408 e. The predicted molar refractivity (Wildman–Crippen MR) is 133 cm³/mol. The van der Waals surface area contributed by atoms with Crippen molar-refractivity contribution in [3.63, 3.8) is 0 Å². The summed E-state index contributed by atoms with van der Waals surface area (Å²) in [5.74, 6) is 0.112. The number of carbonyl (C=O) groups excluding carboxylic acids is 1. The minimum atomic E-state index is -2.34. The largest absolute Gasteiger partial charge is 0.408 e. The van der Waals surface area contributed by atoms with Gasteiger partial charge in [0.2, 0.25) is 11.9 Å². The van der Waals surface area contributed by atoms with Gasteiger partial charge in [-0.25, -0.2) is 9.37 Å². The molecule has 0 unspecified atom stereocenters. The highest BCUT2D eigenvalue weighted by atomic mass is 28.4. The van der Waals surface area contributed by atoms with Crippen molar-refractivity contribution >= 4 is 37.2 Å². The van der Waals surface area contributed by atoms with Crippen LogP contribution in [-0.2, 0) is 14.0 Å². The Balaban J connectivity index is 1.70. The number of alkyl halides is 1. The summed E-state index contributed by atoms with van der Waals surface area (Å²) in [7, 11) is -2.34. The Morgan fingerprint density at radius 3 is 2.60 bits per heavy atom. The first-order valence-electron chi connectivity index (χ1n) is 12.2. The number of ether oxygens (including phenoxy) is 1. The lowest BCUT2D eigenvalue weighted by Crippen LogP contribution is -2.49. The van der Waals surface area contributed by atoms with E-state index in [-0.39, 0.29) is 35.5 Å². The van der Waals surface area contributed by atoms with E-state index in [1.807, 2.05) is 13.1 Å². The average molecular weight is 509 g/mol. The van der Waals surface area contributed by atoms with Crippen molar-refractivity contribution < 1.29 is 23.5 Å². The third-order valence-corrected chi connectivity index (χ3v) is 11.5. The first-order chi connectivity index (χ1) is 16.3. The normalized spacial score (nSPS) is 25.4. The fourth-order valence-corrected chi connectivity index (χ4v) is 4.97. The number of hydrogen-bond donors (Lipinski definition) is 3. The lowest BCUT2D eigenvalue weighted by atomic mass is 10.1. The Morgan fingerprint density at radius 2 is 2.03 bits per heavy atom. The molecule has 1 amide bonds. The summed E-state index contributed by atoms with van der Waals surface area (Å²) in [6, 6.07) is 0.282. The molecule has 1 saturated carbocycles. The highest BCUT2D eigenvalue weighted by Gasteiger charge is 2.51. The third-order valence-electron chi connectivity index (χ3n) is 7.06. The molecule has 2 aromatic heterocycles. The second-order valence-electron chi connectivity index (χ2n) is 11.3. The van der Waals surface area contributed by atoms with E-state index in [0.29, 0.717) is 17.0 Å². The van der Waals surface area contributed by atoms with Crippen molar-refractivity contribution in [1.29, 1.82) is 0 Å². The number of aliphatic hydroxyl groups excluding tert-OH is 1. The van der Waals surface area contributed by atoms with Gasteiger partial charge in [-0.15, -0.1) is 0 Å². The molecule has 0 radical (unpaired) electrons. The second-order valence-corrected chi connectivity index (χ2v) is 16.1. The maximum absolute atomic E-state index is 15.9. The van der Waals surface area contributed by atoms with E-state index in [1.54, 1.807) is 13.8 Å². The molecule has 2 aromatic rings. The molecule has 194 valence electrons. The van der Waals surface area contributed by atoms with Crippen LogP contribution in [0.3, 0.4) is 0 Å². The summed E-state index contributed by atoms with van der Waals surface area (Å²) in [4.78, 5) is 25.7. The summed E-state index contributed by atoms with van der Waals surface area (Å²) < 4.78 is 29.7. The van der Waals surface area contributed by atoms with E-state index in [9.17, 15) is 9.90 Å². The fraction of sp³-hybridized carbons (Fsp3) is 0.739. The Morgan fingerprint density at radius 1 is 1.34 bits per heavy atom. The number of carbonyl (C=O) groups is 1. The highest BCUT2D eigenvalue weighted by molar-refractivity contribution is 6.74. The van der Waals surface area contributed by atoms with Crippen LogP contribution in [0.15, 0.2) is 6.33 Å². The SMILES string of the molecule is CC(C)C(=O)Nc1nc(NC2CC2)c2ncn([C@@H]3O[C@H](CO)[C@@H](O[Si](C)(C)C(C)(C)C)[C@H]3F)c2n1. The van der Waals surface area contributed by atoms with Gasteiger partial charge in [0.1, 0.15) is 12.2 Å². The summed E-state index contributed by atoms with van der Waals surface area (Å²) in [5, 5.41) is 15.9. The molecule has 4 atom stereocenters. The molecule has 12 heteroatoms. The van der Waals surface area contributed by atoms with Crippen molar-refractivity contribution in [1.82, 2.24) is 19.5 Å². The molecule has 35 heavy (non-hydrogen) atoms. The van der Waals surface area contributed by atoms with Gasteiger partial charge < -0.3 is 19.6 Å². The smallest absolute Gasteiger partial charge is 0.233 e. The van der Waals surface area contributed by atoms with E-state index < -0.39 is 32.9 Å². The molecule has 1 aliphatic carbocycles. The number of rotatable bonds is 8. The van der Waals surface area contributed by atoms with Crippen LogP contribution in [0, 0.1) is 5.92 Å². The monoisotopic (exact) mass is 508 g/mol. The number of nitrogens with one attached hydrogen (secondary N) is 2. The Bertz CT molecular complexity index is 1080. The molecular weight excluding hydrogens is 471 g/mol. The van der Waals surface area contributed by atoms with Gasteiger partial charge in [0.05, 0.1) is 12.9 Å². The first kappa shape index (κ1) is 25.9. The number of nitrogens with zero attached hydrogens (tertiary/aromatic N) is 4. The maximum atomic E-state index is 15.9. The molecule has 2 fully saturated rings. The molecular formula is C23H37FN6O4Si. The summed E-state index contributed by atoms with van der Waals surface area (Å²) in [6.07, 6.45) is -0.897. The van der Waals surface area contributed by atoms with Crippen LogP contribution < -0.4 is 10.6 Å². The van der Waals surface area contributed by atoms with E-state index >= 15 is 4.39 Å². The second kappa shape index (κ2) is 9.38. The number of imidazole rings is 1. The molecule has 2 aliphatic rings. The lowest BCUT2D eigenvalue weighted by molar-refractivity contribution is -0.118. The van der Waals surface area contributed by atoms with Crippen LogP contribution in [0.5, 0.6) is 0 Å². The number of amides is 1. The van der Waals surface area contributed by atoms with E-state index in [1.165, 1.54) is 10.9 Å². The number of fused-ring (bicyclic) bond motifs is 1. The Labute approximate surface area is 206 Å². The van der Waals surface area contributed by atoms with Crippen LogP contribution in [-0.4, -0.2) is 69.9 Å². The van der Waals surface area contributed by atoms with Gasteiger partial charge in [-0.05, 0) is 31.0 Å². The summed E-state index contributed by atoms with van der Waals surface area (Å²) >= 11 is 0. The molecule has 0 spiro atoms. The Kier molecular flexibility index (Phi) is 6.95.